The predicted octanol–water partition coefficient (Wildman–Crippen LogP) is 1.99. The summed E-state index contributed by atoms with van der Waals surface area (Å²) >= 11 is 0. The normalized spacial score (nSPS) is 13.7. The molecule has 0 saturated carbocycles. The number of allylic oxidation sites excluding steroid dienone is 1. The van der Waals surface area contributed by atoms with Gasteiger partial charge in [-0.3, -0.25) is 5.43 Å². The van der Waals surface area contributed by atoms with E-state index in [2.05, 4.69) is 20.5 Å². The van der Waals surface area contributed by atoms with Crippen molar-refractivity contribution in [3.05, 3.63) is 30.1 Å². The molecule has 2 N–H and O–H groups in total. The highest BCUT2D eigenvalue weighted by molar-refractivity contribution is 5.87. The van der Waals surface area contributed by atoms with E-state index in [1.165, 1.54) is 0 Å². The molecule has 3 rings (SSSR count). The van der Waals surface area contributed by atoms with Crippen molar-refractivity contribution in [3.8, 4) is 0 Å². The van der Waals surface area contributed by atoms with Crippen LogP contribution in [0.5, 0.6) is 0 Å². The van der Waals surface area contributed by atoms with Gasteiger partial charge < -0.3 is 4.98 Å². The number of anilines is 1. The molecule has 1 aliphatic heterocycles. The van der Waals surface area contributed by atoms with Gasteiger partial charge in [0.2, 0.25) is 0 Å². The molecular formula is C10H8N4. The highest BCUT2D eigenvalue weighted by atomic mass is 15.3. The largest absolute Gasteiger partial charge is 0.360 e. The third-order valence-corrected chi connectivity index (χ3v) is 2.16. The van der Waals surface area contributed by atoms with Gasteiger partial charge in [0.1, 0.15) is 0 Å². The van der Waals surface area contributed by atoms with E-state index in [1.807, 2.05) is 30.5 Å². The molecule has 68 valence electrons. The zero-order valence-corrected chi connectivity index (χ0v) is 7.36. The summed E-state index contributed by atoms with van der Waals surface area (Å²) in [4.78, 5) is 7.59. The minimum Gasteiger partial charge on any atom is -0.360 e. The summed E-state index contributed by atoms with van der Waals surface area (Å²) in [6, 6.07) is 3.96. The maximum absolute atomic E-state index is 4.48. The van der Waals surface area contributed by atoms with Crippen molar-refractivity contribution in [2.24, 2.45) is 5.10 Å². The Kier molecular flexibility index (Phi) is 1.41. The van der Waals surface area contributed by atoms with E-state index in [0.29, 0.717) is 0 Å². The minimum absolute atomic E-state index is 0.912. The molecule has 0 aromatic carbocycles. The van der Waals surface area contributed by atoms with E-state index in [9.17, 15) is 0 Å². The second-order valence-corrected chi connectivity index (χ2v) is 3.08. The number of hydrogen-bond acceptors (Lipinski definition) is 3. The second kappa shape index (κ2) is 2.70. The van der Waals surface area contributed by atoms with Gasteiger partial charge in [0.15, 0.2) is 0 Å². The molecule has 1 aliphatic rings. The van der Waals surface area contributed by atoms with Crippen LogP contribution in [0.25, 0.3) is 17.1 Å². The van der Waals surface area contributed by atoms with Crippen molar-refractivity contribution in [1.82, 2.24) is 9.97 Å². The summed E-state index contributed by atoms with van der Waals surface area (Å²) in [7, 11) is 0. The number of nitrogens with one attached hydrogen (secondary N) is 2. The molecule has 2 aromatic rings. The summed E-state index contributed by atoms with van der Waals surface area (Å²) < 4.78 is 0. The Hall–Kier alpha value is -2.10. The first kappa shape index (κ1) is 7.32. The summed E-state index contributed by atoms with van der Waals surface area (Å²) in [5.74, 6) is 0. The van der Waals surface area contributed by atoms with Crippen molar-refractivity contribution < 1.29 is 0 Å². The molecule has 0 fully saturated rings. The molecule has 14 heavy (non-hydrogen) atoms. The van der Waals surface area contributed by atoms with Crippen LogP contribution in [0.1, 0.15) is 5.69 Å². The Balaban J connectivity index is 2.31. The summed E-state index contributed by atoms with van der Waals surface area (Å²) in [6.45, 7) is 0. The highest BCUT2D eigenvalue weighted by Gasteiger charge is 2.05. The van der Waals surface area contributed by atoms with Crippen LogP contribution in [0.2, 0.25) is 0 Å². The highest BCUT2D eigenvalue weighted by Crippen LogP contribution is 2.21. The van der Waals surface area contributed by atoms with Gasteiger partial charge in [-0.05, 0) is 24.3 Å². The molecular weight excluding hydrogens is 176 g/mol. The van der Waals surface area contributed by atoms with Crippen LogP contribution >= 0.6 is 0 Å². The Morgan fingerprint density at radius 3 is 3.29 bits per heavy atom. The first-order valence-corrected chi connectivity index (χ1v) is 4.37. The summed E-state index contributed by atoms with van der Waals surface area (Å²) in [6.07, 6.45) is 7.38. The number of aromatic amines is 1. The van der Waals surface area contributed by atoms with Crippen LogP contribution in [0.15, 0.2) is 29.5 Å². The number of nitrogens with zero attached hydrogens (tertiary/aromatic N) is 2. The molecule has 0 amide bonds. The number of pyridine rings is 1. The van der Waals surface area contributed by atoms with Gasteiger partial charge in [-0.2, -0.15) is 5.10 Å². The maximum Gasteiger partial charge on any atom is 0.0889 e. The molecule has 2 aromatic heterocycles. The van der Waals surface area contributed by atoms with Crippen LogP contribution in [0, 0.1) is 0 Å². The Morgan fingerprint density at radius 2 is 2.29 bits per heavy atom. The molecule has 0 atom stereocenters. The van der Waals surface area contributed by atoms with Gasteiger partial charge >= 0.3 is 0 Å². The fourth-order valence-corrected chi connectivity index (χ4v) is 1.50. The fraction of sp³-hybridized carbons (Fsp3) is 0. The van der Waals surface area contributed by atoms with E-state index in [1.54, 1.807) is 6.21 Å². The van der Waals surface area contributed by atoms with Crippen LogP contribution in [-0.2, 0) is 0 Å². The van der Waals surface area contributed by atoms with E-state index in [-0.39, 0.29) is 0 Å². The molecule has 0 bridgehead atoms. The number of H-pyrrole nitrogens is 1. The van der Waals surface area contributed by atoms with Crippen LogP contribution < -0.4 is 5.43 Å². The first-order valence-electron chi connectivity index (χ1n) is 4.37. The van der Waals surface area contributed by atoms with Crippen molar-refractivity contribution in [3.63, 3.8) is 0 Å². The van der Waals surface area contributed by atoms with Crippen LogP contribution in [-0.4, -0.2) is 16.2 Å². The zero-order chi connectivity index (χ0) is 9.38. The van der Waals surface area contributed by atoms with Gasteiger partial charge in [0.25, 0.3) is 0 Å². The van der Waals surface area contributed by atoms with E-state index >= 15 is 0 Å². The van der Waals surface area contributed by atoms with Crippen molar-refractivity contribution in [2.45, 2.75) is 0 Å². The molecule has 0 aliphatic carbocycles. The Bertz CT molecular complexity index is 536. The molecule has 0 radical (unpaired) electrons. The lowest BCUT2D eigenvalue weighted by molar-refractivity contribution is 1.30. The smallest absolute Gasteiger partial charge is 0.0889 e. The van der Waals surface area contributed by atoms with E-state index < -0.39 is 0 Å². The zero-order valence-electron chi connectivity index (χ0n) is 7.36. The summed E-state index contributed by atoms with van der Waals surface area (Å²) in [5.41, 5.74) is 6.75. The Labute approximate surface area is 80.4 Å². The van der Waals surface area contributed by atoms with Gasteiger partial charge in [-0.25, -0.2) is 4.98 Å². The second-order valence-electron chi connectivity index (χ2n) is 3.08. The third-order valence-electron chi connectivity index (χ3n) is 2.16. The van der Waals surface area contributed by atoms with Crippen molar-refractivity contribution >= 4 is 29.0 Å². The first-order chi connectivity index (χ1) is 6.93. The van der Waals surface area contributed by atoms with Gasteiger partial charge in [0, 0.05) is 12.4 Å². The van der Waals surface area contributed by atoms with Crippen molar-refractivity contribution in [2.75, 3.05) is 5.43 Å². The van der Waals surface area contributed by atoms with E-state index in [4.69, 9.17) is 0 Å². The Morgan fingerprint density at radius 1 is 1.29 bits per heavy atom. The number of fused-ring (bicyclic) bond motifs is 2. The number of hydrazone groups is 1. The van der Waals surface area contributed by atoms with Gasteiger partial charge in [-0.15, -0.1) is 0 Å². The molecule has 3 heterocycles. The fourth-order valence-electron chi connectivity index (χ4n) is 1.50. The maximum atomic E-state index is 4.48. The van der Waals surface area contributed by atoms with Crippen LogP contribution in [0.4, 0.5) is 5.69 Å². The quantitative estimate of drug-likeness (QED) is 0.657. The molecule has 0 unspecified atom stereocenters. The standard InChI is InChI=1S/C10H8N4/c1-2-7-10(14-12-4-1)6-9-8(13-7)3-5-11-9/h1-6,11,14H. The number of rotatable bonds is 0. The van der Waals surface area contributed by atoms with Crippen molar-refractivity contribution in [1.29, 1.82) is 0 Å². The van der Waals surface area contributed by atoms with E-state index in [0.717, 1.165) is 22.4 Å². The summed E-state index contributed by atoms with van der Waals surface area (Å²) in [5, 5.41) is 3.99. The average molecular weight is 184 g/mol. The molecule has 4 heteroatoms. The lowest BCUT2D eigenvalue weighted by atomic mass is 10.2. The SMILES string of the molecule is C1=Cc2nc3cc[nH]c3cc2NN=C1. The molecule has 0 saturated heterocycles. The van der Waals surface area contributed by atoms with Gasteiger partial charge in [-0.1, -0.05) is 0 Å². The van der Waals surface area contributed by atoms with Gasteiger partial charge in [0.05, 0.1) is 22.4 Å². The third kappa shape index (κ3) is 1.01. The minimum atomic E-state index is 0.912. The lowest BCUT2D eigenvalue weighted by Gasteiger charge is -2.02. The topological polar surface area (TPSA) is 53.1 Å². The predicted molar refractivity (Wildman–Crippen MR) is 57.2 cm³/mol. The average Bonchev–Trinajstić information content (AvgIpc) is 2.51. The molecule has 0 spiro atoms. The lowest BCUT2D eigenvalue weighted by Crippen LogP contribution is -1.92. The number of hydrogen-bond donors (Lipinski definition) is 2. The number of aromatic nitrogens is 2. The molecule has 4 nitrogen and oxygen atoms in total. The monoisotopic (exact) mass is 184 g/mol. The van der Waals surface area contributed by atoms with Crippen LogP contribution in [0.3, 0.4) is 0 Å².